The fourth-order valence-corrected chi connectivity index (χ4v) is 4.14. The maximum atomic E-state index is 12.3. The van der Waals surface area contributed by atoms with E-state index in [0.717, 1.165) is 5.56 Å². The van der Waals surface area contributed by atoms with Crippen molar-refractivity contribution in [2.75, 3.05) is 5.75 Å². The highest BCUT2D eigenvalue weighted by Gasteiger charge is 2.27. The van der Waals surface area contributed by atoms with Crippen LogP contribution in [0.4, 0.5) is 0 Å². The molecular weight excluding hydrogens is 296 g/mol. The van der Waals surface area contributed by atoms with Crippen molar-refractivity contribution in [2.45, 2.75) is 24.7 Å². The molecule has 1 aromatic carbocycles. The van der Waals surface area contributed by atoms with Crippen molar-refractivity contribution < 1.29 is 8.42 Å². The van der Waals surface area contributed by atoms with Crippen molar-refractivity contribution in [1.82, 2.24) is 9.97 Å². The highest BCUT2D eigenvalue weighted by atomic mass is 35.5. The molecule has 0 fully saturated rings. The molecule has 0 saturated carbocycles. The minimum absolute atomic E-state index is 0.0333. The summed E-state index contributed by atoms with van der Waals surface area (Å²) in [5, 5.41) is 0.360. The SMILES string of the molecule is CCc1nc(Cl)c2c(n1)-c1ccccc1S(=O)(=O)CC2. The van der Waals surface area contributed by atoms with Gasteiger partial charge < -0.3 is 0 Å². The van der Waals surface area contributed by atoms with Gasteiger partial charge in [-0.2, -0.15) is 0 Å². The molecule has 0 unspecified atom stereocenters. The Morgan fingerprint density at radius 3 is 2.75 bits per heavy atom. The van der Waals surface area contributed by atoms with Crippen molar-refractivity contribution in [3.05, 3.63) is 40.8 Å². The van der Waals surface area contributed by atoms with Crippen LogP contribution in [-0.4, -0.2) is 24.1 Å². The molecule has 3 rings (SSSR count). The van der Waals surface area contributed by atoms with E-state index in [1.807, 2.05) is 13.0 Å². The molecule has 1 aliphatic rings. The van der Waals surface area contributed by atoms with Crippen molar-refractivity contribution in [2.24, 2.45) is 0 Å². The second-order valence-corrected chi connectivity index (χ2v) is 7.11. The molecule has 1 aliphatic heterocycles. The third-order valence-corrected chi connectivity index (χ3v) is 5.50. The zero-order chi connectivity index (χ0) is 14.3. The monoisotopic (exact) mass is 308 g/mol. The van der Waals surface area contributed by atoms with Crippen LogP contribution in [0.3, 0.4) is 0 Å². The van der Waals surface area contributed by atoms with Gasteiger partial charge in [0, 0.05) is 17.5 Å². The van der Waals surface area contributed by atoms with Gasteiger partial charge in [-0.3, -0.25) is 0 Å². The van der Waals surface area contributed by atoms with E-state index < -0.39 is 9.84 Å². The molecule has 0 aliphatic carbocycles. The van der Waals surface area contributed by atoms with Crippen LogP contribution in [0.1, 0.15) is 18.3 Å². The first kappa shape index (κ1) is 13.5. The van der Waals surface area contributed by atoms with Gasteiger partial charge in [0.1, 0.15) is 11.0 Å². The fraction of sp³-hybridized carbons (Fsp3) is 0.286. The molecule has 0 saturated heterocycles. The molecule has 2 heterocycles. The first-order valence-electron chi connectivity index (χ1n) is 6.40. The Kier molecular flexibility index (Phi) is 3.26. The minimum atomic E-state index is -3.31. The smallest absolute Gasteiger partial charge is 0.179 e. The summed E-state index contributed by atoms with van der Waals surface area (Å²) in [4.78, 5) is 9.06. The zero-order valence-electron chi connectivity index (χ0n) is 10.9. The summed E-state index contributed by atoms with van der Waals surface area (Å²) in [5.74, 6) is 0.661. The number of nitrogens with zero attached hydrogens (tertiary/aromatic N) is 2. The highest BCUT2D eigenvalue weighted by molar-refractivity contribution is 7.91. The summed E-state index contributed by atoms with van der Waals surface area (Å²) in [6, 6.07) is 6.94. The summed E-state index contributed by atoms with van der Waals surface area (Å²) in [7, 11) is -3.31. The van der Waals surface area contributed by atoms with Gasteiger partial charge in [0.2, 0.25) is 0 Å². The quantitative estimate of drug-likeness (QED) is 0.760. The van der Waals surface area contributed by atoms with E-state index in [1.54, 1.807) is 18.2 Å². The van der Waals surface area contributed by atoms with Crippen LogP contribution in [0.2, 0.25) is 5.15 Å². The minimum Gasteiger partial charge on any atom is -0.232 e. The number of rotatable bonds is 1. The van der Waals surface area contributed by atoms with Gasteiger partial charge in [-0.15, -0.1) is 0 Å². The number of aryl methyl sites for hydroxylation is 1. The standard InChI is InChI=1S/C14H13ClN2O2S/c1-2-12-16-13-9-5-3-4-6-11(9)20(18,19)8-7-10(13)14(15)17-12/h3-6H,2,7-8H2,1H3. The van der Waals surface area contributed by atoms with E-state index >= 15 is 0 Å². The molecule has 2 aromatic rings. The van der Waals surface area contributed by atoms with Gasteiger partial charge in [-0.25, -0.2) is 18.4 Å². The lowest BCUT2D eigenvalue weighted by atomic mass is 10.1. The van der Waals surface area contributed by atoms with E-state index in [0.29, 0.717) is 40.0 Å². The number of fused-ring (bicyclic) bond motifs is 3. The highest BCUT2D eigenvalue weighted by Crippen LogP contribution is 2.35. The van der Waals surface area contributed by atoms with E-state index in [1.165, 1.54) is 0 Å². The van der Waals surface area contributed by atoms with Gasteiger partial charge in [0.25, 0.3) is 0 Å². The number of hydrogen-bond acceptors (Lipinski definition) is 4. The Labute approximate surface area is 122 Å². The van der Waals surface area contributed by atoms with Crippen LogP contribution in [0.5, 0.6) is 0 Å². The Bertz CT molecular complexity index is 788. The van der Waals surface area contributed by atoms with E-state index in [2.05, 4.69) is 9.97 Å². The maximum Gasteiger partial charge on any atom is 0.179 e. The maximum absolute atomic E-state index is 12.3. The number of aromatic nitrogens is 2. The molecule has 0 amide bonds. The Balaban J connectivity index is 2.38. The van der Waals surface area contributed by atoms with E-state index in [-0.39, 0.29) is 5.75 Å². The van der Waals surface area contributed by atoms with Crippen molar-refractivity contribution >= 4 is 21.4 Å². The number of benzene rings is 1. The molecule has 104 valence electrons. The summed E-state index contributed by atoms with van der Waals surface area (Å²) in [5.41, 5.74) is 2.00. The molecule has 0 bridgehead atoms. The number of sulfone groups is 1. The van der Waals surface area contributed by atoms with Crippen LogP contribution in [0.25, 0.3) is 11.3 Å². The zero-order valence-corrected chi connectivity index (χ0v) is 12.5. The molecule has 0 atom stereocenters. The average molecular weight is 309 g/mol. The van der Waals surface area contributed by atoms with Gasteiger partial charge >= 0.3 is 0 Å². The third-order valence-electron chi connectivity index (χ3n) is 3.42. The lowest BCUT2D eigenvalue weighted by Crippen LogP contribution is -2.07. The second-order valence-electron chi connectivity index (χ2n) is 4.68. The number of halogens is 1. The lowest BCUT2D eigenvalue weighted by Gasteiger charge is -2.10. The van der Waals surface area contributed by atoms with Gasteiger partial charge in [0.15, 0.2) is 9.84 Å². The Morgan fingerprint density at radius 1 is 1.25 bits per heavy atom. The van der Waals surface area contributed by atoms with Gasteiger partial charge in [-0.05, 0) is 12.5 Å². The molecule has 0 N–H and O–H groups in total. The summed E-state index contributed by atoms with van der Waals surface area (Å²) in [6.45, 7) is 1.94. The Morgan fingerprint density at radius 2 is 2.00 bits per heavy atom. The van der Waals surface area contributed by atoms with Crippen molar-refractivity contribution in [1.29, 1.82) is 0 Å². The first-order valence-corrected chi connectivity index (χ1v) is 8.43. The molecule has 0 radical (unpaired) electrons. The normalized spacial score (nSPS) is 16.1. The Hall–Kier alpha value is -1.46. The van der Waals surface area contributed by atoms with E-state index in [4.69, 9.17) is 11.6 Å². The van der Waals surface area contributed by atoms with Crippen molar-refractivity contribution in [3.63, 3.8) is 0 Å². The molecular formula is C14H13ClN2O2S. The molecule has 1 aromatic heterocycles. The van der Waals surface area contributed by atoms with Crippen LogP contribution < -0.4 is 0 Å². The van der Waals surface area contributed by atoms with Crippen LogP contribution in [0.15, 0.2) is 29.2 Å². The summed E-state index contributed by atoms with van der Waals surface area (Å²) in [6.07, 6.45) is 0.997. The predicted octanol–water partition coefficient (Wildman–Crippen LogP) is 2.69. The first-order chi connectivity index (χ1) is 9.53. The van der Waals surface area contributed by atoms with Crippen LogP contribution >= 0.6 is 11.6 Å². The van der Waals surface area contributed by atoms with Gasteiger partial charge in [-0.1, -0.05) is 36.7 Å². The van der Waals surface area contributed by atoms with Gasteiger partial charge in [0.05, 0.1) is 16.3 Å². The number of hydrogen-bond donors (Lipinski definition) is 0. The lowest BCUT2D eigenvalue weighted by molar-refractivity contribution is 0.596. The third kappa shape index (κ3) is 2.11. The largest absolute Gasteiger partial charge is 0.232 e. The average Bonchev–Trinajstić information content (AvgIpc) is 2.55. The van der Waals surface area contributed by atoms with Crippen molar-refractivity contribution in [3.8, 4) is 11.3 Å². The second kappa shape index (κ2) is 4.82. The summed E-state index contributed by atoms with van der Waals surface area (Å²) < 4.78 is 24.7. The van der Waals surface area contributed by atoms with Crippen LogP contribution in [-0.2, 0) is 22.7 Å². The molecule has 4 nitrogen and oxygen atoms in total. The fourth-order valence-electron chi connectivity index (χ4n) is 2.38. The van der Waals surface area contributed by atoms with Crippen LogP contribution in [0, 0.1) is 0 Å². The summed E-state index contributed by atoms with van der Waals surface area (Å²) >= 11 is 6.21. The molecule has 20 heavy (non-hydrogen) atoms. The molecule has 0 spiro atoms. The van der Waals surface area contributed by atoms with E-state index in [9.17, 15) is 8.42 Å². The molecule has 6 heteroatoms. The predicted molar refractivity (Wildman–Crippen MR) is 77.6 cm³/mol. The topological polar surface area (TPSA) is 59.9 Å².